The van der Waals surface area contributed by atoms with E-state index < -0.39 is 6.43 Å². The van der Waals surface area contributed by atoms with Gasteiger partial charge in [-0.2, -0.15) is 8.78 Å². The first kappa shape index (κ1) is 8.60. The number of halogens is 2. The Morgan fingerprint density at radius 3 is 2.33 bits per heavy atom. The smallest absolute Gasteiger partial charge is 0.200 e. The molecule has 0 saturated carbocycles. The van der Waals surface area contributed by atoms with Crippen molar-refractivity contribution in [2.45, 2.75) is 26.7 Å². The lowest BCUT2D eigenvalue weighted by Crippen LogP contribution is -1.77. The third-order valence-electron chi connectivity index (χ3n) is 1.16. The Bertz CT molecular complexity index is 95.1. The summed E-state index contributed by atoms with van der Waals surface area (Å²) in [6.07, 6.45) is 0.713. The molecule has 9 heavy (non-hydrogen) atoms. The molecule has 1 radical (unpaired) electrons. The molecule has 0 rings (SSSR count). The van der Waals surface area contributed by atoms with Gasteiger partial charge in [-0.3, -0.25) is 0 Å². The van der Waals surface area contributed by atoms with Gasteiger partial charge in [-0.1, -0.05) is 18.6 Å². The standard InChI is InChI=1S/C7H11F2/c1-3-6(2)4-5-7(8)9/h4H,3,5H2,1-2H3/b6-4+. The van der Waals surface area contributed by atoms with Crippen LogP contribution in [0.4, 0.5) is 8.78 Å². The van der Waals surface area contributed by atoms with Gasteiger partial charge in [0, 0.05) is 6.42 Å². The summed E-state index contributed by atoms with van der Waals surface area (Å²) in [7, 11) is 0. The maximum Gasteiger partial charge on any atom is 0.313 e. The summed E-state index contributed by atoms with van der Waals surface area (Å²) < 4.78 is 22.8. The van der Waals surface area contributed by atoms with Crippen molar-refractivity contribution in [2.24, 2.45) is 0 Å². The van der Waals surface area contributed by atoms with Crippen molar-refractivity contribution >= 4 is 0 Å². The molecule has 53 valence electrons. The van der Waals surface area contributed by atoms with Crippen molar-refractivity contribution in [1.29, 1.82) is 0 Å². The largest absolute Gasteiger partial charge is 0.313 e. The quantitative estimate of drug-likeness (QED) is 0.519. The van der Waals surface area contributed by atoms with E-state index in [0.29, 0.717) is 0 Å². The molecular formula is C7H11F2. The van der Waals surface area contributed by atoms with Crippen LogP contribution >= 0.6 is 0 Å². The lowest BCUT2D eigenvalue weighted by Gasteiger charge is -1.92. The van der Waals surface area contributed by atoms with E-state index in [-0.39, 0.29) is 6.42 Å². The fourth-order valence-electron chi connectivity index (χ4n) is 0.396. The Morgan fingerprint density at radius 1 is 1.44 bits per heavy atom. The average Bonchev–Trinajstić information content (AvgIpc) is 1.83. The van der Waals surface area contributed by atoms with Gasteiger partial charge in [0.15, 0.2) is 0 Å². The highest BCUT2D eigenvalue weighted by Crippen LogP contribution is 2.11. The predicted octanol–water partition coefficient (Wildman–Crippen LogP) is 3.16. The van der Waals surface area contributed by atoms with E-state index in [9.17, 15) is 8.78 Å². The molecule has 0 aliphatic heterocycles. The molecule has 0 unspecified atom stereocenters. The molecule has 0 nitrogen and oxygen atoms in total. The third-order valence-corrected chi connectivity index (χ3v) is 1.16. The summed E-state index contributed by atoms with van der Waals surface area (Å²) in [5.74, 6) is 0. The summed E-state index contributed by atoms with van der Waals surface area (Å²) in [5.41, 5.74) is 1.02. The molecule has 0 aromatic heterocycles. The highest BCUT2D eigenvalue weighted by Gasteiger charge is 2.00. The second-order valence-corrected chi connectivity index (χ2v) is 1.95. The van der Waals surface area contributed by atoms with E-state index in [1.165, 1.54) is 0 Å². The van der Waals surface area contributed by atoms with Crippen LogP contribution < -0.4 is 0 Å². The van der Waals surface area contributed by atoms with Crippen LogP contribution in [0, 0.1) is 6.43 Å². The highest BCUT2D eigenvalue weighted by atomic mass is 19.3. The monoisotopic (exact) mass is 133 g/mol. The normalized spacial score (nSPS) is 12.8. The van der Waals surface area contributed by atoms with Gasteiger partial charge in [0.2, 0.25) is 0 Å². The SMILES string of the molecule is CC/C(C)=C/C[C](F)F. The second kappa shape index (κ2) is 4.48. The number of hydrogen-bond donors (Lipinski definition) is 0. The average molecular weight is 133 g/mol. The van der Waals surface area contributed by atoms with Gasteiger partial charge in [0.1, 0.15) is 0 Å². The summed E-state index contributed by atoms with van der Waals surface area (Å²) in [6.45, 7) is 3.80. The molecule has 0 aliphatic carbocycles. The zero-order valence-corrected chi connectivity index (χ0v) is 5.75. The Hall–Kier alpha value is -0.400. The topological polar surface area (TPSA) is 0 Å². The lowest BCUT2D eigenvalue weighted by molar-refractivity contribution is 0.286. The minimum absolute atomic E-state index is 0.181. The van der Waals surface area contributed by atoms with Gasteiger partial charge in [-0.25, -0.2) is 0 Å². The van der Waals surface area contributed by atoms with Crippen LogP contribution in [0.1, 0.15) is 26.7 Å². The molecule has 0 aliphatic rings. The molecule has 0 amide bonds. The van der Waals surface area contributed by atoms with Crippen LogP contribution in [-0.4, -0.2) is 0 Å². The van der Waals surface area contributed by atoms with Gasteiger partial charge < -0.3 is 0 Å². The molecule has 0 saturated heterocycles. The summed E-state index contributed by atoms with van der Waals surface area (Å²) >= 11 is 0. The zero-order valence-electron chi connectivity index (χ0n) is 5.75. The van der Waals surface area contributed by atoms with Crippen LogP contribution in [0.2, 0.25) is 0 Å². The van der Waals surface area contributed by atoms with E-state index in [0.717, 1.165) is 12.0 Å². The van der Waals surface area contributed by atoms with Gasteiger partial charge >= 0.3 is 6.43 Å². The van der Waals surface area contributed by atoms with E-state index >= 15 is 0 Å². The predicted molar refractivity (Wildman–Crippen MR) is 34.1 cm³/mol. The van der Waals surface area contributed by atoms with Crippen LogP contribution in [-0.2, 0) is 0 Å². The van der Waals surface area contributed by atoms with E-state index in [2.05, 4.69) is 0 Å². The number of hydrogen-bond acceptors (Lipinski definition) is 0. The highest BCUT2D eigenvalue weighted by molar-refractivity contribution is 4.98. The molecule has 0 bridgehead atoms. The maximum atomic E-state index is 11.4. The molecular weight excluding hydrogens is 122 g/mol. The fourth-order valence-corrected chi connectivity index (χ4v) is 0.396. The number of rotatable bonds is 3. The first-order valence-electron chi connectivity index (χ1n) is 2.99. The molecule has 0 aromatic rings. The van der Waals surface area contributed by atoms with Gasteiger partial charge in [0.05, 0.1) is 0 Å². The minimum atomic E-state index is -1.51. The minimum Gasteiger partial charge on any atom is -0.200 e. The Kier molecular flexibility index (Phi) is 4.28. The van der Waals surface area contributed by atoms with Crippen molar-refractivity contribution in [2.75, 3.05) is 0 Å². The molecule has 0 N–H and O–H groups in total. The van der Waals surface area contributed by atoms with Gasteiger partial charge in [-0.05, 0) is 13.3 Å². The second-order valence-electron chi connectivity index (χ2n) is 1.95. The van der Waals surface area contributed by atoms with Crippen LogP contribution in [0.3, 0.4) is 0 Å². The molecule has 0 fully saturated rings. The van der Waals surface area contributed by atoms with Crippen molar-refractivity contribution in [3.8, 4) is 0 Å². The van der Waals surface area contributed by atoms with E-state index in [1.807, 2.05) is 13.8 Å². The Balaban J connectivity index is 3.43. The Labute approximate surface area is 54.6 Å². The fraction of sp³-hybridized carbons (Fsp3) is 0.571. The van der Waals surface area contributed by atoms with Crippen molar-refractivity contribution < 1.29 is 8.78 Å². The van der Waals surface area contributed by atoms with Crippen molar-refractivity contribution in [1.82, 2.24) is 0 Å². The van der Waals surface area contributed by atoms with Crippen molar-refractivity contribution in [3.63, 3.8) is 0 Å². The van der Waals surface area contributed by atoms with Crippen LogP contribution in [0.15, 0.2) is 11.6 Å². The molecule has 0 spiro atoms. The van der Waals surface area contributed by atoms with E-state index in [4.69, 9.17) is 0 Å². The molecule has 0 heterocycles. The first-order valence-corrected chi connectivity index (χ1v) is 2.99. The maximum absolute atomic E-state index is 11.4. The van der Waals surface area contributed by atoms with Crippen LogP contribution in [0.25, 0.3) is 0 Å². The zero-order chi connectivity index (χ0) is 7.28. The molecule has 0 atom stereocenters. The summed E-state index contributed by atoms with van der Waals surface area (Å²) in [6, 6.07) is 0. The summed E-state index contributed by atoms with van der Waals surface area (Å²) in [5, 5.41) is 0. The first-order chi connectivity index (χ1) is 4.16. The van der Waals surface area contributed by atoms with E-state index in [1.54, 1.807) is 6.08 Å². The van der Waals surface area contributed by atoms with Gasteiger partial charge in [0.25, 0.3) is 0 Å². The Morgan fingerprint density at radius 2 is 2.00 bits per heavy atom. The lowest BCUT2D eigenvalue weighted by atomic mass is 10.2. The van der Waals surface area contributed by atoms with Gasteiger partial charge in [-0.15, -0.1) is 0 Å². The number of allylic oxidation sites excluding steroid dienone is 2. The molecule has 2 heteroatoms. The summed E-state index contributed by atoms with van der Waals surface area (Å²) in [4.78, 5) is 0. The van der Waals surface area contributed by atoms with Crippen LogP contribution in [0.5, 0.6) is 0 Å². The third kappa shape index (κ3) is 5.47. The molecule has 0 aromatic carbocycles. The van der Waals surface area contributed by atoms with Crippen molar-refractivity contribution in [3.05, 3.63) is 18.1 Å².